The Morgan fingerprint density at radius 3 is 1.53 bits per heavy atom. The molecule has 1 heterocycles. The summed E-state index contributed by atoms with van der Waals surface area (Å²) in [7, 11) is 1.57. The van der Waals surface area contributed by atoms with E-state index in [1.54, 1.807) is 7.11 Å². The third kappa shape index (κ3) is 10.9. The molecule has 2 fully saturated rings. The van der Waals surface area contributed by atoms with Gasteiger partial charge in [0.2, 0.25) is 0 Å². The van der Waals surface area contributed by atoms with Gasteiger partial charge in [-0.1, -0.05) is 132 Å². The highest BCUT2D eigenvalue weighted by molar-refractivity contribution is 5.17. The van der Waals surface area contributed by atoms with Crippen LogP contribution in [0.5, 0.6) is 0 Å². The van der Waals surface area contributed by atoms with Gasteiger partial charge in [0.1, 0.15) is 36.6 Å². The van der Waals surface area contributed by atoms with Gasteiger partial charge in [0, 0.05) is 23.4 Å². The van der Waals surface area contributed by atoms with Crippen LogP contribution in [-0.4, -0.2) is 79.9 Å². The maximum atomic E-state index is 11.8. The standard InChI is InChI=1S/C41H46N6O8/c1-49-33-22-32(48)36(40(53-27-31-20-12-5-13-21-31)37(33)50-24-28-14-6-2-7-15-28)55-41-35(45-47-43)39(52-26-30-18-10-4-11-19-30)38(34(54-41)23-44-46-42)51-25-29-16-8-3-9-17-29/h2-21,32-41,48H,22-27H2,1H3/t32-,33-,34+,35+,36+,37-,38+,39+,40-,41+/m0/s1. The second kappa shape index (κ2) is 20.7. The lowest BCUT2D eigenvalue weighted by atomic mass is 9.86. The molecule has 0 spiro atoms. The zero-order valence-electron chi connectivity index (χ0n) is 30.6. The van der Waals surface area contributed by atoms with E-state index in [1.807, 2.05) is 121 Å². The Balaban J connectivity index is 1.33. The van der Waals surface area contributed by atoms with Crippen LogP contribution in [0.25, 0.3) is 20.9 Å². The van der Waals surface area contributed by atoms with Gasteiger partial charge in [0.05, 0.1) is 51.3 Å². The van der Waals surface area contributed by atoms with Gasteiger partial charge in [-0.2, -0.15) is 0 Å². The summed E-state index contributed by atoms with van der Waals surface area (Å²) in [5, 5.41) is 19.7. The zero-order valence-corrected chi connectivity index (χ0v) is 30.6. The monoisotopic (exact) mass is 750 g/mol. The molecule has 14 nitrogen and oxygen atoms in total. The lowest BCUT2D eigenvalue weighted by Gasteiger charge is -2.48. The van der Waals surface area contributed by atoms with Crippen molar-refractivity contribution in [3.8, 4) is 0 Å². The lowest BCUT2D eigenvalue weighted by Crippen LogP contribution is -2.64. The van der Waals surface area contributed by atoms with Crippen molar-refractivity contribution in [1.29, 1.82) is 0 Å². The lowest BCUT2D eigenvalue weighted by molar-refractivity contribution is -0.318. The number of hydrogen-bond acceptors (Lipinski definition) is 10. The number of hydrogen-bond donors (Lipinski definition) is 1. The fourth-order valence-corrected chi connectivity index (χ4v) is 6.98. The van der Waals surface area contributed by atoms with Crippen LogP contribution in [-0.2, 0) is 59.6 Å². The summed E-state index contributed by atoms with van der Waals surface area (Å²) in [5.41, 5.74) is 22.9. The molecule has 1 N–H and O–H groups in total. The summed E-state index contributed by atoms with van der Waals surface area (Å²) in [6.45, 7) is 0.624. The second-order valence-electron chi connectivity index (χ2n) is 13.4. The average Bonchev–Trinajstić information content (AvgIpc) is 3.23. The van der Waals surface area contributed by atoms with Crippen LogP contribution in [0.15, 0.2) is 132 Å². The first-order valence-corrected chi connectivity index (χ1v) is 18.3. The van der Waals surface area contributed by atoms with Crippen molar-refractivity contribution in [1.82, 2.24) is 0 Å². The summed E-state index contributed by atoms with van der Waals surface area (Å²) in [6.07, 6.45) is -8.07. The van der Waals surface area contributed by atoms with Crippen LogP contribution in [0.4, 0.5) is 0 Å². The molecule has 55 heavy (non-hydrogen) atoms. The number of rotatable bonds is 18. The van der Waals surface area contributed by atoms with Crippen LogP contribution in [0.1, 0.15) is 28.7 Å². The van der Waals surface area contributed by atoms with Gasteiger partial charge in [0.25, 0.3) is 0 Å². The Morgan fingerprint density at radius 1 is 0.618 bits per heavy atom. The third-order valence-electron chi connectivity index (χ3n) is 9.73. The summed E-state index contributed by atoms with van der Waals surface area (Å²) in [6, 6.07) is 37.3. The minimum absolute atomic E-state index is 0.139. The molecule has 2 aliphatic rings. The Hall–Kier alpha value is -4.82. The van der Waals surface area contributed by atoms with Crippen molar-refractivity contribution < 1.29 is 38.3 Å². The molecule has 1 saturated heterocycles. The number of aliphatic hydroxyl groups excluding tert-OH is 1. The first-order valence-electron chi connectivity index (χ1n) is 18.3. The van der Waals surface area contributed by atoms with E-state index >= 15 is 0 Å². The second-order valence-corrected chi connectivity index (χ2v) is 13.4. The predicted molar refractivity (Wildman–Crippen MR) is 202 cm³/mol. The minimum atomic E-state index is -1.29. The highest BCUT2D eigenvalue weighted by Gasteiger charge is 2.53. The maximum absolute atomic E-state index is 11.8. The highest BCUT2D eigenvalue weighted by Crippen LogP contribution is 2.36. The Labute approximate surface area is 320 Å². The maximum Gasteiger partial charge on any atom is 0.169 e. The molecule has 14 heteroatoms. The van der Waals surface area contributed by atoms with Crippen molar-refractivity contribution >= 4 is 0 Å². The molecule has 1 aliphatic heterocycles. The first-order chi connectivity index (χ1) is 27.1. The zero-order chi connectivity index (χ0) is 38.2. The number of aliphatic hydroxyl groups is 1. The van der Waals surface area contributed by atoms with Gasteiger partial charge in [0.15, 0.2) is 6.29 Å². The fourth-order valence-electron chi connectivity index (χ4n) is 6.98. The average molecular weight is 751 g/mol. The molecule has 10 atom stereocenters. The van der Waals surface area contributed by atoms with E-state index in [4.69, 9.17) is 33.2 Å². The predicted octanol–water partition coefficient (Wildman–Crippen LogP) is 7.21. The van der Waals surface area contributed by atoms with Crippen LogP contribution in [0.2, 0.25) is 0 Å². The molecule has 0 radical (unpaired) electrons. The van der Waals surface area contributed by atoms with Crippen molar-refractivity contribution in [2.45, 2.75) is 94.0 Å². The van der Waals surface area contributed by atoms with Gasteiger partial charge in [-0.15, -0.1) is 0 Å². The smallest absolute Gasteiger partial charge is 0.169 e. The molecule has 0 amide bonds. The Morgan fingerprint density at radius 2 is 1.07 bits per heavy atom. The van der Waals surface area contributed by atoms with E-state index in [9.17, 15) is 16.2 Å². The number of azide groups is 2. The van der Waals surface area contributed by atoms with Crippen molar-refractivity contribution in [2.75, 3.05) is 13.7 Å². The van der Waals surface area contributed by atoms with Crippen LogP contribution in [0.3, 0.4) is 0 Å². The summed E-state index contributed by atoms with van der Waals surface area (Å²) in [4.78, 5) is 6.16. The summed E-state index contributed by atoms with van der Waals surface area (Å²) in [5.74, 6) is 0. The van der Waals surface area contributed by atoms with E-state index in [1.165, 1.54) is 0 Å². The molecule has 0 aromatic heterocycles. The van der Waals surface area contributed by atoms with Gasteiger partial charge in [-0.25, -0.2) is 0 Å². The van der Waals surface area contributed by atoms with Crippen LogP contribution >= 0.6 is 0 Å². The van der Waals surface area contributed by atoms with Crippen molar-refractivity contribution in [3.63, 3.8) is 0 Å². The summed E-state index contributed by atoms with van der Waals surface area (Å²) >= 11 is 0. The summed E-state index contributed by atoms with van der Waals surface area (Å²) < 4.78 is 45.2. The largest absolute Gasteiger partial charge is 0.390 e. The quantitative estimate of drug-likeness (QED) is 0.0629. The van der Waals surface area contributed by atoms with Crippen LogP contribution < -0.4 is 0 Å². The van der Waals surface area contributed by atoms with Crippen LogP contribution in [0, 0.1) is 0 Å². The number of benzene rings is 4. The third-order valence-corrected chi connectivity index (χ3v) is 9.73. The molecule has 1 aliphatic carbocycles. The minimum Gasteiger partial charge on any atom is -0.390 e. The molecule has 4 aromatic rings. The van der Waals surface area contributed by atoms with Crippen molar-refractivity contribution in [3.05, 3.63) is 164 Å². The number of ether oxygens (including phenoxy) is 7. The highest BCUT2D eigenvalue weighted by atomic mass is 16.7. The van der Waals surface area contributed by atoms with E-state index < -0.39 is 61.2 Å². The molecular formula is C41H46N6O8. The SMILES string of the molecule is CO[C@H]1C[C@H](O)[C@@H](O[C@H]2O[C@H](CN=[N+]=[N-])[C@@H](OCc3ccccc3)[C@H](OCc3ccccc3)[C@H]2N=[N+]=[N-])[C@H](OCc2ccccc2)[C@H]1OCc1ccccc1. The van der Waals surface area contributed by atoms with E-state index in [0.717, 1.165) is 22.3 Å². The number of nitrogens with zero attached hydrogens (tertiary/aromatic N) is 6. The normalized spacial score (nSPS) is 27.7. The van der Waals surface area contributed by atoms with Crippen molar-refractivity contribution in [2.24, 2.45) is 10.2 Å². The fraction of sp³-hybridized carbons (Fsp3) is 0.415. The van der Waals surface area contributed by atoms with E-state index in [-0.39, 0.29) is 39.4 Å². The Bertz CT molecular complexity index is 1820. The molecule has 0 unspecified atom stereocenters. The molecule has 6 rings (SSSR count). The van der Waals surface area contributed by atoms with E-state index in [2.05, 4.69) is 20.1 Å². The van der Waals surface area contributed by atoms with E-state index in [0.29, 0.717) is 0 Å². The van der Waals surface area contributed by atoms with Gasteiger partial charge >= 0.3 is 0 Å². The van der Waals surface area contributed by atoms with Gasteiger partial charge in [-0.05, 0) is 33.3 Å². The van der Waals surface area contributed by atoms with Gasteiger partial charge in [-0.3, -0.25) is 0 Å². The molecule has 0 bridgehead atoms. The molecule has 1 saturated carbocycles. The Kier molecular flexibility index (Phi) is 15.0. The first kappa shape index (κ1) is 39.9. The number of methoxy groups -OCH3 is 1. The topological polar surface area (TPSA) is 182 Å². The molecule has 4 aromatic carbocycles. The van der Waals surface area contributed by atoms with Gasteiger partial charge < -0.3 is 38.3 Å². The molecular weight excluding hydrogens is 704 g/mol. The molecule has 288 valence electrons.